The molecule has 3 aliphatic carbocycles. The number of hydrogen-bond donors (Lipinski definition) is 1. The van der Waals surface area contributed by atoms with Crippen LogP contribution in [0.1, 0.15) is 115 Å². The molecule has 0 heterocycles. The Morgan fingerprint density at radius 1 is 0.674 bits per heavy atom. The summed E-state index contributed by atoms with van der Waals surface area (Å²) in [5.74, 6) is 1.87. The molecule has 4 nitrogen and oxygen atoms in total. The number of aliphatic hydroxyl groups excluding tert-OH is 1. The first-order valence-corrected chi connectivity index (χ1v) is 16.4. The molecule has 0 aromatic heterocycles. The maximum atomic E-state index is 10.2. The molecule has 1 atom stereocenters. The van der Waals surface area contributed by atoms with Gasteiger partial charge < -0.3 is 37.8 Å². The smallest absolute Gasteiger partial charge is 1.00 e. The maximum Gasteiger partial charge on any atom is 2.00 e. The topological polar surface area (TPSA) is 100 Å². The number of hydrogen-bond acceptors (Lipinski definition) is 2. The van der Waals surface area contributed by atoms with Gasteiger partial charge >= 0.3 is 23.1 Å². The molecule has 0 bridgehead atoms. The molecular weight excluding hydrogens is 743 g/mol. The molecule has 3 aromatic rings. The van der Waals surface area contributed by atoms with Crippen LogP contribution in [0.5, 0.6) is 0 Å². The average Bonchev–Trinajstić information content (AvgIpc) is 3.08. The van der Waals surface area contributed by atoms with E-state index < -0.39 is 0 Å². The molecular formula is C39H59BrMgO4Pd. The summed E-state index contributed by atoms with van der Waals surface area (Å²) in [7, 11) is 0. The van der Waals surface area contributed by atoms with E-state index in [1.54, 1.807) is 0 Å². The van der Waals surface area contributed by atoms with E-state index in [1.165, 1.54) is 95.5 Å². The van der Waals surface area contributed by atoms with Crippen molar-refractivity contribution in [2.75, 3.05) is 0 Å². The first-order valence-electron chi connectivity index (χ1n) is 16.4. The summed E-state index contributed by atoms with van der Waals surface area (Å²) < 4.78 is 0. The molecule has 6 rings (SSSR count). The van der Waals surface area contributed by atoms with Gasteiger partial charge in [-0.25, -0.2) is 0 Å². The van der Waals surface area contributed by atoms with Crippen LogP contribution < -0.4 is 17.0 Å². The molecule has 258 valence electrons. The molecule has 7 heteroatoms. The Bertz CT molecular complexity index is 994. The van der Waals surface area contributed by atoms with Gasteiger partial charge in [0, 0.05) is 27.8 Å². The summed E-state index contributed by atoms with van der Waals surface area (Å²) in [6, 6.07) is 33.5. The van der Waals surface area contributed by atoms with Gasteiger partial charge in [-0.2, -0.15) is 36.4 Å². The summed E-state index contributed by atoms with van der Waals surface area (Å²) in [5.41, 5.74) is 2.61. The third kappa shape index (κ3) is 21.9. The molecule has 3 aliphatic rings. The fraction of sp³-hybridized carbons (Fsp3) is 0.513. The van der Waals surface area contributed by atoms with Crippen LogP contribution in [0.3, 0.4) is 0 Å². The summed E-state index contributed by atoms with van der Waals surface area (Å²) in [6.45, 7) is 0. The molecule has 0 aliphatic heterocycles. The molecule has 3 fully saturated rings. The van der Waals surface area contributed by atoms with Crippen molar-refractivity contribution in [3.63, 3.8) is 0 Å². The van der Waals surface area contributed by atoms with Gasteiger partial charge in [0.15, 0.2) is 0 Å². The van der Waals surface area contributed by atoms with E-state index in [2.05, 4.69) is 36.4 Å². The van der Waals surface area contributed by atoms with Crippen LogP contribution in [0.2, 0.25) is 0 Å². The van der Waals surface area contributed by atoms with Gasteiger partial charge in [-0.15, -0.1) is 0 Å². The largest absolute Gasteiger partial charge is 2.00 e. The van der Waals surface area contributed by atoms with E-state index in [0.717, 1.165) is 30.6 Å². The van der Waals surface area contributed by atoms with E-state index in [4.69, 9.17) is 0 Å². The second-order valence-electron chi connectivity index (χ2n) is 12.1. The minimum absolute atomic E-state index is 0. The standard InChI is InChI=1S/C13H18O.C13H18.C7H12O.C6H5.BrH.Mg.2H2O.Pd.H2/c14-13(11-7-3-1-4-8-11)12-9-5-2-6-10-12;1-3-7-12(8-4-1)11-13-9-5-2-6-10-13;8-6-7-4-2-1-3-5-7;1-2-4-6-5-3-1;;;;;;/h1,3-4,7-8,12-14H,2,5-6,9-10H2;1,3-4,7-8,13H,2,5-6,9-11H2;6-7H,1-5H2;1-5H;1H;;2*1H2;;1H/q;;;-1;;+2;;;;/p-1. The van der Waals surface area contributed by atoms with Gasteiger partial charge in [-0.05, 0) is 55.1 Å². The Morgan fingerprint density at radius 2 is 1.11 bits per heavy atom. The summed E-state index contributed by atoms with van der Waals surface area (Å²) in [4.78, 5) is 10.2. The Labute approximate surface area is 321 Å². The molecule has 0 radical (unpaired) electrons. The van der Waals surface area contributed by atoms with Crippen molar-refractivity contribution in [3.05, 3.63) is 108 Å². The molecule has 0 saturated heterocycles. The maximum absolute atomic E-state index is 10.2. The predicted octanol–water partition coefficient (Wildman–Crippen LogP) is 5.58. The molecule has 46 heavy (non-hydrogen) atoms. The Morgan fingerprint density at radius 3 is 1.52 bits per heavy atom. The molecule has 0 spiro atoms. The number of benzene rings is 3. The summed E-state index contributed by atoms with van der Waals surface area (Å²) in [5, 5.41) is 10.1. The summed E-state index contributed by atoms with van der Waals surface area (Å²) >= 11 is 0. The van der Waals surface area contributed by atoms with Crippen LogP contribution >= 0.6 is 0 Å². The Kier molecular flexibility index (Phi) is 35.1. The van der Waals surface area contributed by atoms with E-state index in [-0.39, 0.29) is 78.9 Å². The number of carbonyl (C=O) groups excluding carboxylic acids is 1. The predicted molar refractivity (Wildman–Crippen MR) is 188 cm³/mol. The van der Waals surface area contributed by atoms with Gasteiger partial charge in [0.25, 0.3) is 0 Å². The van der Waals surface area contributed by atoms with Crippen molar-refractivity contribution >= 4 is 29.3 Å². The van der Waals surface area contributed by atoms with Crippen molar-refractivity contribution in [2.45, 2.75) is 109 Å². The minimum atomic E-state index is -0.239. The Balaban J connectivity index is -0.000000262. The van der Waals surface area contributed by atoms with E-state index in [9.17, 15) is 9.90 Å². The zero-order chi connectivity index (χ0) is 28.8. The average molecular weight is 803 g/mol. The van der Waals surface area contributed by atoms with E-state index in [0.29, 0.717) is 11.8 Å². The molecule has 5 N–H and O–H groups in total. The molecule has 3 saturated carbocycles. The fourth-order valence-electron chi connectivity index (χ4n) is 6.32. The van der Waals surface area contributed by atoms with Crippen molar-refractivity contribution in [1.82, 2.24) is 0 Å². The van der Waals surface area contributed by atoms with Crippen LogP contribution in [-0.2, 0) is 31.6 Å². The fourth-order valence-corrected chi connectivity index (χ4v) is 6.32. The SMILES string of the molecule is O.O.O=CC1CCCCC1.OC(c1ccccc1)C1CCCCC1.[Br-].[HH].[Mg+2].[Pd].[c-]1ccccc1.c1ccc(CC2CCCCC2)cc1. The van der Waals surface area contributed by atoms with Gasteiger partial charge in [0.2, 0.25) is 0 Å². The van der Waals surface area contributed by atoms with Crippen molar-refractivity contribution in [2.24, 2.45) is 17.8 Å². The number of halogens is 1. The van der Waals surface area contributed by atoms with Crippen molar-refractivity contribution < 1.29 is 59.7 Å². The first kappa shape index (κ1) is 49.5. The third-order valence-corrected chi connectivity index (χ3v) is 8.78. The van der Waals surface area contributed by atoms with Crippen LogP contribution in [0, 0.1) is 23.8 Å². The number of aliphatic hydroxyl groups is 1. The van der Waals surface area contributed by atoms with Crippen LogP contribution in [0.25, 0.3) is 0 Å². The van der Waals surface area contributed by atoms with Crippen molar-refractivity contribution in [3.8, 4) is 0 Å². The Hall–Kier alpha value is -0.881. The number of aldehydes is 1. The van der Waals surface area contributed by atoms with Gasteiger partial charge in [0.1, 0.15) is 6.29 Å². The number of carbonyl (C=O) groups is 1. The second kappa shape index (κ2) is 32.7. The van der Waals surface area contributed by atoms with Crippen LogP contribution in [0.4, 0.5) is 0 Å². The van der Waals surface area contributed by atoms with Crippen LogP contribution in [-0.4, -0.2) is 45.4 Å². The van der Waals surface area contributed by atoms with E-state index >= 15 is 0 Å². The van der Waals surface area contributed by atoms with Crippen LogP contribution in [0.15, 0.2) is 91.0 Å². The van der Waals surface area contributed by atoms with Crippen molar-refractivity contribution in [1.29, 1.82) is 0 Å². The first-order chi connectivity index (χ1) is 20.3. The monoisotopic (exact) mass is 800 g/mol. The zero-order valence-corrected chi connectivity index (χ0v) is 32.2. The zero-order valence-electron chi connectivity index (χ0n) is 27.6. The minimum Gasteiger partial charge on any atom is -1.00 e. The third-order valence-electron chi connectivity index (χ3n) is 8.78. The molecule has 3 aromatic carbocycles. The quantitative estimate of drug-likeness (QED) is 0.207. The van der Waals surface area contributed by atoms with Gasteiger partial charge in [-0.3, -0.25) is 0 Å². The second-order valence-corrected chi connectivity index (χ2v) is 12.1. The van der Waals surface area contributed by atoms with E-state index in [1.807, 2.05) is 60.7 Å². The van der Waals surface area contributed by atoms with Gasteiger partial charge in [-0.1, -0.05) is 131 Å². The van der Waals surface area contributed by atoms with Gasteiger partial charge in [0.05, 0.1) is 6.10 Å². The molecule has 0 amide bonds. The molecule has 1 unspecified atom stereocenters. The normalized spacial score (nSPS) is 16.6. The summed E-state index contributed by atoms with van der Waals surface area (Å²) in [6.07, 6.45) is 21.9. The number of rotatable bonds is 5.